The zero-order valence-electron chi connectivity index (χ0n) is 12.7. The molecule has 1 unspecified atom stereocenters. The monoisotopic (exact) mass is 280 g/mol. The van der Waals surface area contributed by atoms with Crippen LogP contribution >= 0.6 is 0 Å². The summed E-state index contributed by atoms with van der Waals surface area (Å²) >= 11 is 0. The third kappa shape index (κ3) is 2.67. The van der Waals surface area contributed by atoms with Gasteiger partial charge in [-0.15, -0.1) is 0 Å². The molecule has 4 heteroatoms. The van der Waals surface area contributed by atoms with Crippen molar-refractivity contribution in [2.45, 2.75) is 19.9 Å². The second-order valence-electron chi connectivity index (χ2n) is 5.31. The molecule has 0 aliphatic carbocycles. The quantitative estimate of drug-likeness (QED) is 0.799. The van der Waals surface area contributed by atoms with E-state index in [1.165, 1.54) is 16.5 Å². The molecule has 0 saturated carbocycles. The van der Waals surface area contributed by atoms with Crippen LogP contribution in [0.3, 0.4) is 0 Å². The Balaban J connectivity index is 2.19. The fourth-order valence-electron chi connectivity index (χ4n) is 2.78. The normalized spacial score (nSPS) is 12.7. The van der Waals surface area contributed by atoms with Gasteiger partial charge in [-0.05, 0) is 31.2 Å². The van der Waals surface area contributed by atoms with Crippen LogP contribution in [-0.2, 0) is 7.05 Å². The molecule has 0 aliphatic rings. The minimum absolute atomic E-state index is 0.135. The third-order valence-corrected chi connectivity index (χ3v) is 3.65. The van der Waals surface area contributed by atoms with E-state index in [9.17, 15) is 0 Å². The van der Waals surface area contributed by atoms with Gasteiger partial charge in [0, 0.05) is 29.9 Å². The van der Waals surface area contributed by atoms with Crippen LogP contribution in [0.1, 0.15) is 29.8 Å². The van der Waals surface area contributed by atoms with Gasteiger partial charge >= 0.3 is 0 Å². The van der Waals surface area contributed by atoms with E-state index in [4.69, 9.17) is 0 Å². The predicted molar refractivity (Wildman–Crippen MR) is 85.2 cm³/mol. The second kappa shape index (κ2) is 5.66. The lowest BCUT2D eigenvalue weighted by Gasteiger charge is -2.19. The average molecular weight is 280 g/mol. The lowest BCUT2D eigenvalue weighted by molar-refractivity contribution is 0.632. The number of rotatable bonds is 4. The average Bonchev–Trinajstić information content (AvgIpc) is 2.90. The van der Waals surface area contributed by atoms with Gasteiger partial charge in [0.05, 0.1) is 17.8 Å². The fourth-order valence-corrected chi connectivity index (χ4v) is 2.78. The lowest BCUT2D eigenvalue weighted by Crippen LogP contribution is -2.22. The van der Waals surface area contributed by atoms with Crippen molar-refractivity contribution in [3.8, 4) is 0 Å². The second-order valence-corrected chi connectivity index (χ2v) is 5.31. The van der Waals surface area contributed by atoms with Gasteiger partial charge in [-0.1, -0.05) is 25.1 Å². The van der Waals surface area contributed by atoms with Crippen molar-refractivity contribution in [1.82, 2.24) is 20.1 Å². The summed E-state index contributed by atoms with van der Waals surface area (Å²) in [6.07, 6.45) is 4.00. The number of aromatic nitrogens is 3. The molecule has 0 aliphatic heterocycles. The number of para-hydroxylation sites is 1. The SMILES string of the molecule is CCNC(c1cnn(C)c1)c1cc(C)nc2ccccc12. The van der Waals surface area contributed by atoms with Crippen molar-refractivity contribution in [3.05, 3.63) is 59.5 Å². The number of benzene rings is 1. The molecule has 0 saturated heterocycles. The van der Waals surface area contributed by atoms with E-state index in [0.717, 1.165) is 17.8 Å². The molecule has 0 radical (unpaired) electrons. The minimum atomic E-state index is 0.135. The summed E-state index contributed by atoms with van der Waals surface area (Å²) in [5, 5.41) is 9.07. The highest BCUT2D eigenvalue weighted by atomic mass is 15.2. The van der Waals surface area contributed by atoms with E-state index in [0.29, 0.717) is 0 Å². The van der Waals surface area contributed by atoms with E-state index >= 15 is 0 Å². The Hall–Kier alpha value is -2.20. The number of hydrogen-bond acceptors (Lipinski definition) is 3. The lowest BCUT2D eigenvalue weighted by atomic mass is 9.97. The predicted octanol–water partition coefficient (Wildman–Crippen LogP) is 2.98. The Labute approximate surface area is 124 Å². The van der Waals surface area contributed by atoms with Gasteiger partial charge in [0.25, 0.3) is 0 Å². The first-order chi connectivity index (χ1) is 10.2. The van der Waals surface area contributed by atoms with Gasteiger partial charge in [0.15, 0.2) is 0 Å². The summed E-state index contributed by atoms with van der Waals surface area (Å²) in [7, 11) is 1.95. The van der Waals surface area contributed by atoms with E-state index in [-0.39, 0.29) is 6.04 Å². The van der Waals surface area contributed by atoms with Gasteiger partial charge in [-0.25, -0.2) is 0 Å². The zero-order valence-corrected chi connectivity index (χ0v) is 12.7. The summed E-state index contributed by atoms with van der Waals surface area (Å²) in [6, 6.07) is 10.6. The van der Waals surface area contributed by atoms with Crippen molar-refractivity contribution in [2.24, 2.45) is 7.05 Å². The molecule has 0 bridgehead atoms. The summed E-state index contributed by atoms with van der Waals surface area (Å²) in [5.41, 5.74) is 4.51. The summed E-state index contributed by atoms with van der Waals surface area (Å²) < 4.78 is 1.84. The molecule has 3 rings (SSSR count). The number of hydrogen-bond donors (Lipinski definition) is 1. The Morgan fingerprint density at radius 3 is 2.81 bits per heavy atom. The van der Waals surface area contributed by atoms with E-state index in [1.54, 1.807) is 0 Å². The first-order valence-corrected chi connectivity index (χ1v) is 7.27. The molecule has 1 aromatic carbocycles. The summed E-state index contributed by atoms with van der Waals surface area (Å²) in [5.74, 6) is 0. The Kier molecular flexibility index (Phi) is 3.71. The van der Waals surface area contributed by atoms with Crippen LogP contribution in [0, 0.1) is 6.92 Å². The van der Waals surface area contributed by atoms with Crippen LogP contribution in [0.2, 0.25) is 0 Å². The van der Waals surface area contributed by atoms with E-state index < -0.39 is 0 Å². The summed E-state index contributed by atoms with van der Waals surface area (Å²) in [6.45, 7) is 5.07. The van der Waals surface area contributed by atoms with Crippen molar-refractivity contribution in [1.29, 1.82) is 0 Å². The van der Waals surface area contributed by atoms with E-state index in [2.05, 4.69) is 52.8 Å². The third-order valence-electron chi connectivity index (χ3n) is 3.65. The molecule has 0 spiro atoms. The maximum atomic E-state index is 4.63. The number of aryl methyl sites for hydroxylation is 2. The summed E-state index contributed by atoms with van der Waals surface area (Å²) in [4.78, 5) is 4.63. The molecule has 1 N–H and O–H groups in total. The first-order valence-electron chi connectivity index (χ1n) is 7.27. The molecule has 108 valence electrons. The standard InChI is InChI=1S/C17H20N4/c1-4-18-17(13-10-19-21(3)11-13)15-9-12(2)20-16-8-6-5-7-14(15)16/h5-11,17-18H,4H2,1-3H3. The molecule has 4 nitrogen and oxygen atoms in total. The molecule has 1 atom stereocenters. The largest absolute Gasteiger partial charge is 0.306 e. The number of nitrogens with zero attached hydrogens (tertiary/aromatic N) is 3. The van der Waals surface area contributed by atoms with Crippen LogP contribution < -0.4 is 5.32 Å². The molecule has 21 heavy (non-hydrogen) atoms. The van der Waals surface area contributed by atoms with Crippen LogP contribution in [0.25, 0.3) is 10.9 Å². The van der Waals surface area contributed by atoms with Gasteiger partial charge in [0.2, 0.25) is 0 Å². The van der Waals surface area contributed by atoms with Crippen molar-refractivity contribution in [2.75, 3.05) is 6.54 Å². The highest BCUT2D eigenvalue weighted by Crippen LogP contribution is 2.28. The highest BCUT2D eigenvalue weighted by molar-refractivity contribution is 5.83. The van der Waals surface area contributed by atoms with Crippen molar-refractivity contribution in [3.63, 3.8) is 0 Å². The number of pyridine rings is 1. The van der Waals surface area contributed by atoms with Crippen LogP contribution in [0.15, 0.2) is 42.7 Å². The maximum absolute atomic E-state index is 4.63. The van der Waals surface area contributed by atoms with Gasteiger partial charge in [0.1, 0.15) is 0 Å². The topological polar surface area (TPSA) is 42.7 Å². The molecular weight excluding hydrogens is 260 g/mol. The van der Waals surface area contributed by atoms with Crippen LogP contribution in [0.5, 0.6) is 0 Å². The van der Waals surface area contributed by atoms with Crippen LogP contribution in [0.4, 0.5) is 0 Å². The van der Waals surface area contributed by atoms with Gasteiger partial charge in [-0.3, -0.25) is 9.67 Å². The molecule has 0 amide bonds. The van der Waals surface area contributed by atoms with Crippen LogP contribution in [-0.4, -0.2) is 21.3 Å². The first kappa shape index (κ1) is 13.8. The number of fused-ring (bicyclic) bond motifs is 1. The Morgan fingerprint density at radius 1 is 1.29 bits per heavy atom. The highest BCUT2D eigenvalue weighted by Gasteiger charge is 2.18. The minimum Gasteiger partial charge on any atom is -0.306 e. The molecular formula is C17H20N4. The Morgan fingerprint density at radius 2 is 2.10 bits per heavy atom. The maximum Gasteiger partial charge on any atom is 0.0708 e. The Bertz CT molecular complexity index is 760. The zero-order chi connectivity index (χ0) is 14.8. The molecule has 2 heterocycles. The fraction of sp³-hybridized carbons (Fsp3) is 0.294. The van der Waals surface area contributed by atoms with Gasteiger partial charge in [-0.2, -0.15) is 5.10 Å². The van der Waals surface area contributed by atoms with Crippen molar-refractivity contribution < 1.29 is 0 Å². The number of nitrogens with one attached hydrogen (secondary N) is 1. The molecule has 2 aromatic heterocycles. The van der Waals surface area contributed by atoms with Gasteiger partial charge < -0.3 is 5.32 Å². The van der Waals surface area contributed by atoms with Crippen molar-refractivity contribution >= 4 is 10.9 Å². The smallest absolute Gasteiger partial charge is 0.0708 e. The molecule has 3 aromatic rings. The van der Waals surface area contributed by atoms with E-state index in [1.807, 2.05) is 30.9 Å². The molecule has 0 fully saturated rings.